The van der Waals surface area contributed by atoms with Crippen LogP contribution in [0.3, 0.4) is 0 Å². The Morgan fingerprint density at radius 1 is 1.38 bits per heavy atom. The van der Waals surface area contributed by atoms with E-state index in [0.29, 0.717) is 10.8 Å². The van der Waals surface area contributed by atoms with Gasteiger partial charge >= 0.3 is 5.69 Å². The number of rotatable bonds is 5. The van der Waals surface area contributed by atoms with Gasteiger partial charge in [-0.3, -0.25) is 14.6 Å². The third kappa shape index (κ3) is 4.17. The van der Waals surface area contributed by atoms with Gasteiger partial charge in [-0.15, -0.1) is 0 Å². The van der Waals surface area contributed by atoms with E-state index in [4.69, 9.17) is 22.1 Å². The molecule has 0 saturated heterocycles. The number of anilines is 1. The number of H-pyrrole nitrogens is 2. The average Bonchev–Trinajstić information content (AvgIpc) is 2.52. The maximum absolute atomic E-state index is 12.1. The van der Waals surface area contributed by atoms with Gasteiger partial charge < -0.3 is 20.8 Å². The van der Waals surface area contributed by atoms with Gasteiger partial charge in [-0.05, 0) is 31.5 Å². The number of nitrogens with two attached hydrogens (primary N) is 1. The number of benzene rings is 1. The Hall–Kier alpha value is -2.74. The molecule has 0 fully saturated rings. The zero-order valence-electron chi connectivity index (χ0n) is 13.1. The minimum atomic E-state index is -0.817. The molecule has 24 heavy (non-hydrogen) atoms. The highest BCUT2D eigenvalue weighted by Crippen LogP contribution is 2.21. The summed E-state index contributed by atoms with van der Waals surface area (Å²) < 4.78 is 5.55. The number of amides is 1. The minimum Gasteiger partial charge on any atom is -0.491 e. The van der Waals surface area contributed by atoms with E-state index < -0.39 is 23.2 Å². The molecule has 1 amide bonds. The van der Waals surface area contributed by atoms with Crippen LogP contribution in [-0.4, -0.2) is 28.5 Å². The van der Waals surface area contributed by atoms with Crippen molar-refractivity contribution in [3.05, 3.63) is 55.3 Å². The fourth-order valence-electron chi connectivity index (χ4n) is 1.90. The largest absolute Gasteiger partial charge is 0.491 e. The van der Waals surface area contributed by atoms with Gasteiger partial charge in [-0.1, -0.05) is 17.7 Å². The van der Waals surface area contributed by atoms with Crippen molar-refractivity contribution in [3.8, 4) is 5.75 Å². The van der Waals surface area contributed by atoms with Gasteiger partial charge in [0, 0.05) is 5.02 Å². The maximum Gasteiger partial charge on any atom is 0.326 e. The van der Waals surface area contributed by atoms with Crippen molar-refractivity contribution in [3.63, 3.8) is 0 Å². The molecular formula is C15H17ClN4O4. The third-order valence-electron chi connectivity index (χ3n) is 3.23. The zero-order chi connectivity index (χ0) is 17.9. The summed E-state index contributed by atoms with van der Waals surface area (Å²) in [5, 5.41) is 3.17. The van der Waals surface area contributed by atoms with Crippen molar-refractivity contribution in [2.45, 2.75) is 19.9 Å². The normalized spacial score (nSPS) is 11.8. The van der Waals surface area contributed by atoms with Gasteiger partial charge in [0.25, 0.3) is 11.5 Å². The summed E-state index contributed by atoms with van der Waals surface area (Å²) in [5.74, 6) is -0.107. The van der Waals surface area contributed by atoms with Gasteiger partial charge in [-0.2, -0.15) is 0 Å². The number of nitrogens with one attached hydrogen (secondary N) is 3. The molecule has 0 aliphatic rings. The van der Waals surface area contributed by atoms with Crippen LogP contribution >= 0.6 is 11.6 Å². The predicted molar refractivity (Wildman–Crippen MR) is 90.7 cm³/mol. The van der Waals surface area contributed by atoms with Gasteiger partial charge in [0.15, 0.2) is 0 Å². The molecule has 1 heterocycles. The molecule has 1 atom stereocenters. The SMILES string of the molecule is Cc1ccc(OCC(C)NC(=O)c2[nH]c(=O)[nH]c(=O)c2N)cc1Cl. The molecular weight excluding hydrogens is 336 g/mol. The van der Waals surface area contributed by atoms with Gasteiger partial charge in [0.2, 0.25) is 0 Å². The molecule has 8 nitrogen and oxygen atoms in total. The second-order valence-corrected chi connectivity index (χ2v) is 5.70. The fourth-order valence-corrected chi connectivity index (χ4v) is 2.07. The standard InChI is InChI=1S/C15H17ClN4O4/c1-7-3-4-9(5-10(7)16)24-6-8(2)18-14(22)12-11(17)13(21)20-15(23)19-12/h3-5,8H,6,17H2,1-2H3,(H,18,22)(H2,19,20,21,23). The lowest BCUT2D eigenvalue weighted by Crippen LogP contribution is -2.40. The Labute approximate surface area is 142 Å². The summed E-state index contributed by atoms with van der Waals surface area (Å²) >= 11 is 6.01. The summed E-state index contributed by atoms with van der Waals surface area (Å²) in [4.78, 5) is 38.9. The molecule has 128 valence electrons. The molecule has 0 aliphatic heterocycles. The van der Waals surface area contributed by atoms with E-state index in [-0.39, 0.29) is 18.0 Å². The first-order valence-electron chi connectivity index (χ1n) is 7.10. The average molecular weight is 353 g/mol. The van der Waals surface area contributed by atoms with Crippen LogP contribution in [0.25, 0.3) is 0 Å². The Kier molecular flexibility index (Phi) is 5.30. The Morgan fingerprint density at radius 3 is 2.75 bits per heavy atom. The number of carbonyl (C=O) groups is 1. The zero-order valence-corrected chi connectivity index (χ0v) is 13.9. The van der Waals surface area contributed by atoms with E-state index in [9.17, 15) is 14.4 Å². The van der Waals surface area contributed by atoms with Crippen molar-refractivity contribution in [1.29, 1.82) is 0 Å². The monoisotopic (exact) mass is 352 g/mol. The topological polar surface area (TPSA) is 130 Å². The van der Waals surface area contributed by atoms with Gasteiger partial charge in [-0.25, -0.2) is 4.79 Å². The third-order valence-corrected chi connectivity index (χ3v) is 3.63. The first-order chi connectivity index (χ1) is 11.3. The fraction of sp³-hybridized carbons (Fsp3) is 0.267. The first kappa shape index (κ1) is 17.6. The number of aromatic nitrogens is 2. The van der Waals surface area contributed by atoms with Crippen molar-refractivity contribution in [1.82, 2.24) is 15.3 Å². The van der Waals surface area contributed by atoms with E-state index in [1.165, 1.54) is 0 Å². The molecule has 1 unspecified atom stereocenters. The minimum absolute atomic E-state index is 0.165. The molecule has 0 aliphatic carbocycles. The van der Waals surface area contributed by atoms with Crippen LogP contribution in [0.15, 0.2) is 27.8 Å². The summed E-state index contributed by atoms with van der Waals surface area (Å²) in [7, 11) is 0. The van der Waals surface area contributed by atoms with E-state index in [2.05, 4.69) is 10.3 Å². The number of carbonyl (C=O) groups excluding carboxylic acids is 1. The van der Waals surface area contributed by atoms with E-state index in [0.717, 1.165) is 5.56 Å². The number of nitrogen functional groups attached to an aromatic ring is 1. The molecule has 0 saturated carbocycles. The van der Waals surface area contributed by atoms with E-state index in [1.54, 1.807) is 19.1 Å². The highest BCUT2D eigenvalue weighted by Gasteiger charge is 2.16. The lowest BCUT2D eigenvalue weighted by atomic mass is 10.2. The second kappa shape index (κ2) is 7.22. The van der Waals surface area contributed by atoms with Crippen molar-refractivity contribution < 1.29 is 9.53 Å². The van der Waals surface area contributed by atoms with Crippen molar-refractivity contribution in [2.24, 2.45) is 0 Å². The van der Waals surface area contributed by atoms with Crippen LogP contribution in [0.5, 0.6) is 5.75 Å². The number of halogens is 1. The lowest BCUT2D eigenvalue weighted by Gasteiger charge is -2.15. The molecule has 0 bridgehead atoms. The number of hydrogen-bond donors (Lipinski definition) is 4. The predicted octanol–water partition coefficient (Wildman–Crippen LogP) is 0.805. The number of aromatic amines is 2. The van der Waals surface area contributed by atoms with Crippen LogP contribution < -0.4 is 27.0 Å². The number of hydrogen-bond acceptors (Lipinski definition) is 5. The van der Waals surface area contributed by atoms with Crippen LogP contribution in [0.4, 0.5) is 5.69 Å². The Morgan fingerprint density at radius 2 is 2.08 bits per heavy atom. The molecule has 0 radical (unpaired) electrons. The van der Waals surface area contributed by atoms with Crippen LogP contribution in [0, 0.1) is 6.92 Å². The molecule has 2 aromatic rings. The van der Waals surface area contributed by atoms with Gasteiger partial charge in [0.05, 0.1) is 6.04 Å². The van der Waals surface area contributed by atoms with E-state index >= 15 is 0 Å². The molecule has 5 N–H and O–H groups in total. The van der Waals surface area contributed by atoms with Crippen LogP contribution in [-0.2, 0) is 0 Å². The molecule has 1 aromatic carbocycles. The second-order valence-electron chi connectivity index (χ2n) is 5.29. The van der Waals surface area contributed by atoms with Crippen LogP contribution in [0.1, 0.15) is 23.0 Å². The quantitative estimate of drug-likeness (QED) is 0.632. The lowest BCUT2D eigenvalue weighted by molar-refractivity contribution is 0.0922. The van der Waals surface area contributed by atoms with Gasteiger partial charge in [0.1, 0.15) is 23.7 Å². The number of ether oxygens (including phenoxy) is 1. The molecule has 2 rings (SSSR count). The van der Waals surface area contributed by atoms with Crippen molar-refractivity contribution >= 4 is 23.2 Å². The highest BCUT2D eigenvalue weighted by molar-refractivity contribution is 6.31. The highest BCUT2D eigenvalue weighted by atomic mass is 35.5. The van der Waals surface area contributed by atoms with Crippen molar-refractivity contribution in [2.75, 3.05) is 12.3 Å². The summed E-state index contributed by atoms with van der Waals surface area (Å²) in [5.41, 5.74) is 4.17. The van der Waals surface area contributed by atoms with Crippen LogP contribution in [0.2, 0.25) is 5.02 Å². The molecule has 9 heteroatoms. The maximum atomic E-state index is 12.1. The van der Waals surface area contributed by atoms with E-state index in [1.807, 2.05) is 18.0 Å². The molecule has 0 spiro atoms. The summed E-state index contributed by atoms with van der Waals surface area (Å²) in [6.07, 6.45) is 0. The smallest absolute Gasteiger partial charge is 0.326 e. The summed E-state index contributed by atoms with van der Waals surface area (Å²) in [6.45, 7) is 3.75. The Balaban J connectivity index is 2.00. The molecule has 1 aromatic heterocycles. The first-order valence-corrected chi connectivity index (χ1v) is 7.47. The summed E-state index contributed by atoms with van der Waals surface area (Å²) in [6, 6.07) is 4.86. The number of aryl methyl sites for hydroxylation is 1. The Bertz CT molecular complexity index is 875.